The van der Waals surface area contributed by atoms with Gasteiger partial charge in [-0.1, -0.05) is 48.0 Å². The van der Waals surface area contributed by atoms with Crippen LogP contribution in [0.2, 0.25) is 0 Å². The Balaban J connectivity index is 1.73. The van der Waals surface area contributed by atoms with Crippen LogP contribution in [0.4, 0.5) is 9.59 Å². The Morgan fingerprint density at radius 2 is 1.71 bits per heavy atom. The van der Waals surface area contributed by atoms with Crippen molar-refractivity contribution in [2.24, 2.45) is 0 Å². The Labute approximate surface area is 206 Å². The van der Waals surface area contributed by atoms with Crippen molar-refractivity contribution in [1.29, 1.82) is 0 Å². The molecule has 2 amide bonds. The third kappa shape index (κ3) is 7.97. The van der Waals surface area contributed by atoms with Gasteiger partial charge >= 0.3 is 12.2 Å². The van der Waals surface area contributed by atoms with Crippen LogP contribution in [0.25, 0.3) is 0 Å². The highest BCUT2D eigenvalue weighted by molar-refractivity contribution is 7.86. The largest absolute Gasteiger partial charge is 0.445 e. The van der Waals surface area contributed by atoms with E-state index in [1.165, 1.54) is 17.0 Å². The standard InChI is InChI=1S/C25H32N2O7S/c1-18-10-12-20(13-11-18)35(30,31)34-22-16-27(24(29)32-17-19-8-6-5-7-9-19)15-14-21(22)26-23(28)33-25(2,3)4/h5-13,21-22H,14-17H2,1-4H3,(H,26,28). The summed E-state index contributed by atoms with van der Waals surface area (Å²) in [4.78, 5) is 26.4. The lowest BCUT2D eigenvalue weighted by molar-refractivity contribution is 0.0252. The summed E-state index contributed by atoms with van der Waals surface area (Å²) >= 11 is 0. The van der Waals surface area contributed by atoms with E-state index in [1.54, 1.807) is 32.9 Å². The molecular formula is C25H32N2O7S. The average molecular weight is 505 g/mol. The highest BCUT2D eigenvalue weighted by atomic mass is 32.2. The molecular weight excluding hydrogens is 472 g/mol. The molecule has 0 aromatic heterocycles. The fourth-order valence-electron chi connectivity index (χ4n) is 3.54. The monoisotopic (exact) mass is 504 g/mol. The third-order valence-electron chi connectivity index (χ3n) is 5.28. The van der Waals surface area contributed by atoms with Gasteiger partial charge < -0.3 is 19.7 Å². The minimum Gasteiger partial charge on any atom is -0.445 e. The predicted molar refractivity (Wildman–Crippen MR) is 129 cm³/mol. The number of likely N-dealkylation sites (tertiary alicyclic amines) is 1. The van der Waals surface area contributed by atoms with Gasteiger partial charge in [0, 0.05) is 6.54 Å². The normalized spacial score (nSPS) is 18.6. The summed E-state index contributed by atoms with van der Waals surface area (Å²) in [6, 6.07) is 14.8. The maximum Gasteiger partial charge on any atom is 0.410 e. The van der Waals surface area contributed by atoms with Crippen LogP contribution in [-0.2, 0) is 30.4 Å². The van der Waals surface area contributed by atoms with Crippen LogP contribution in [0.1, 0.15) is 38.3 Å². The number of piperidine rings is 1. The van der Waals surface area contributed by atoms with Crippen LogP contribution in [0.3, 0.4) is 0 Å². The molecule has 1 N–H and O–H groups in total. The van der Waals surface area contributed by atoms with Crippen molar-refractivity contribution in [3.8, 4) is 0 Å². The maximum atomic E-state index is 13.0. The molecule has 10 heteroatoms. The van der Waals surface area contributed by atoms with Crippen molar-refractivity contribution in [2.45, 2.75) is 63.4 Å². The number of alkyl carbamates (subject to hydrolysis) is 1. The van der Waals surface area contributed by atoms with Crippen molar-refractivity contribution >= 4 is 22.3 Å². The van der Waals surface area contributed by atoms with Crippen LogP contribution < -0.4 is 5.32 Å². The molecule has 1 saturated heterocycles. The topological polar surface area (TPSA) is 111 Å². The number of hydrogen-bond donors (Lipinski definition) is 1. The molecule has 2 atom stereocenters. The Morgan fingerprint density at radius 3 is 2.34 bits per heavy atom. The van der Waals surface area contributed by atoms with Crippen molar-refractivity contribution in [3.05, 3.63) is 65.7 Å². The van der Waals surface area contributed by atoms with Gasteiger partial charge in [-0.05, 0) is 51.8 Å². The first-order valence-corrected chi connectivity index (χ1v) is 12.8. The number of carbonyl (C=O) groups is 2. The van der Waals surface area contributed by atoms with Crippen molar-refractivity contribution in [3.63, 3.8) is 0 Å². The number of carbonyl (C=O) groups excluding carboxylic acids is 2. The molecule has 0 saturated carbocycles. The molecule has 9 nitrogen and oxygen atoms in total. The third-order valence-corrected chi connectivity index (χ3v) is 6.63. The molecule has 0 aliphatic carbocycles. The van der Waals surface area contributed by atoms with Gasteiger partial charge in [0.1, 0.15) is 18.3 Å². The summed E-state index contributed by atoms with van der Waals surface area (Å²) in [5.74, 6) is 0. The smallest absolute Gasteiger partial charge is 0.410 e. The lowest BCUT2D eigenvalue weighted by Gasteiger charge is -2.37. The first kappa shape index (κ1) is 26.5. The molecule has 190 valence electrons. The maximum absolute atomic E-state index is 13.0. The summed E-state index contributed by atoms with van der Waals surface area (Å²) in [5, 5.41) is 2.70. The zero-order chi connectivity index (χ0) is 25.6. The fourth-order valence-corrected chi connectivity index (χ4v) is 4.64. The molecule has 35 heavy (non-hydrogen) atoms. The molecule has 1 fully saturated rings. The molecule has 0 bridgehead atoms. The SMILES string of the molecule is Cc1ccc(S(=O)(=O)OC2CN(C(=O)OCc3ccccc3)CCC2NC(=O)OC(C)(C)C)cc1. The number of benzene rings is 2. The molecule has 2 unspecified atom stereocenters. The Hall–Kier alpha value is -3.11. The highest BCUT2D eigenvalue weighted by Crippen LogP contribution is 2.22. The summed E-state index contributed by atoms with van der Waals surface area (Å²) in [6.45, 7) is 7.29. The fraction of sp³-hybridized carbons (Fsp3) is 0.440. The van der Waals surface area contributed by atoms with E-state index in [9.17, 15) is 18.0 Å². The number of aryl methyl sites for hydroxylation is 1. The van der Waals surface area contributed by atoms with E-state index in [0.717, 1.165) is 11.1 Å². The van der Waals surface area contributed by atoms with E-state index in [4.69, 9.17) is 13.7 Å². The average Bonchev–Trinajstić information content (AvgIpc) is 2.78. The molecule has 2 aromatic rings. The van der Waals surface area contributed by atoms with E-state index in [0.29, 0.717) is 0 Å². The van der Waals surface area contributed by atoms with Gasteiger partial charge in [0.15, 0.2) is 0 Å². The molecule has 1 heterocycles. The second kappa shape index (κ2) is 11.1. The number of rotatable bonds is 6. The summed E-state index contributed by atoms with van der Waals surface area (Å²) in [5.41, 5.74) is 1.01. The zero-order valence-electron chi connectivity index (χ0n) is 20.4. The second-order valence-electron chi connectivity index (χ2n) is 9.43. The molecule has 0 radical (unpaired) electrons. The van der Waals surface area contributed by atoms with Crippen LogP contribution in [0.5, 0.6) is 0 Å². The minimum absolute atomic E-state index is 0.0112. The van der Waals surface area contributed by atoms with E-state index >= 15 is 0 Å². The van der Waals surface area contributed by atoms with Gasteiger partial charge in [-0.15, -0.1) is 0 Å². The van der Waals surface area contributed by atoms with Crippen LogP contribution in [0.15, 0.2) is 59.5 Å². The second-order valence-corrected chi connectivity index (χ2v) is 11.0. The van der Waals surface area contributed by atoms with Gasteiger partial charge in [0.2, 0.25) is 0 Å². The molecule has 2 aromatic carbocycles. The summed E-state index contributed by atoms with van der Waals surface area (Å²) < 4.78 is 42.2. The number of hydrogen-bond acceptors (Lipinski definition) is 7. The van der Waals surface area contributed by atoms with Gasteiger partial charge in [-0.3, -0.25) is 4.18 Å². The first-order chi connectivity index (χ1) is 16.4. The van der Waals surface area contributed by atoms with Gasteiger partial charge in [-0.25, -0.2) is 9.59 Å². The van der Waals surface area contributed by atoms with Gasteiger partial charge in [0.25, 0.3) is 10.1 Å². The van der Waals surface area contributed by atoms with E-state index in [-0.39, 0.29) is 31.0 Å². The minimum atomic E-state index is -4.16. The predicted octanol–water partition coefficient (Wildman–Crippen LogP) is 4.00. The van der Waals surface area contributed by atoms with Crippen molar-refractivity contribution < 1.29 is 31.7 Å². The van der Waals surface area contributed by atoms with Gasteiger partial charge in [-0.2, -0.15) is 8.42 Å². The number of nitrogens with one attached hydrogen (secondary N) is 1. The van der Waals surface area contributed by atoms with Gasteiger partial charge in [0.05, 0.1) is 17.5 Å². The molecule has 3 rings (SSSR count). The van der Waals surface area contributed by atoms with Crippen molar-refractivity contribution in [1.82, 2.24) is 10.2 Å². The van der Waals surface area contributed by atoms with Crippen LogP contribution in [-0.4, -0.2) is 56.3 Å². The Kier molecular flexibility index (Phi) is 8.39. The Morgan fingerprint density at radius 1 is 1.06 bits per heavy atom. The van der Waals surface area contributed by atoms with Crippen LogP contribution in [0, 0.1) is 6.92 Å². The summed E-state index contributed by atoms with van der Waals surface area (Å²) in [7, 11) is -4.16. The number of nitrogens with zero attached hydrogens (tertiary/aromatic N) is 1. The van der Waals surface area contributed by atoms with Crippen molar-refractivity contribution in [2.75, 3.05) is 13.1 Å². The van der Waals surface area contributed by atoms with E-state index in [1.807, 2.05) is 37.3 Å². The summed E-state index contributed by atoms with van der Waals surface area (Å²) in [6.07, 6.45) is -2.06. The number of amides is 2. The van der Waals surface area contributed by atoms with E-state index in [2.05, 4.69) is 5.32 Å². The number of ether oxygens (including phenoxy) is 2. The first-order valence-electron chi connectivity index (χ1n) is 11.4. The molecule has 1 aliphatic heterocycles. The van der Waals surface area contributed by atoms with E-state index < -0.39 is 40.1 Å². The zero-order valence-corrected chi connectivity index (χ0v) is 21.2. The quantitative estimate of drug-likeness (QED) is 0.592. The Bertz CT molecular complexity index is 1110. The molecule has 1 aliphatic rings. The highest BCUT2D eigenvalue weighted by Gasteiger charge is 2.38. The van der Waals surface area contributed by atoms with Crippen LogP contribution >= 0.6 is 0 Å². The lowest BCUT2D eigenvalue weighted by Crippen LogP contribution is -2.57. The lowest BCUT2D eigenvalue weighted by atomic mass is 10.0. The molecule has 0 spiro atoms.